The van der Waals surface area contributed by atoms with Crippen molar-refractivity contribution in [3.05, 3.63) is 93.9 Å². The summed E-state index contributed by atoms with van der Waals surface area (Å²) in [7, 11) is 0. The largest absolute Gasteiger partial charge is 0.439 e. The van der Waals surface area contributed by atoms with E-state index in [0.717, 1.165) is 5.56 Å². The summed E-state index contributed by atoms with van der Waals surface area (Å²) < 4.78 is 7.06. The Morgan fingerprint density at radius 2 is 1.81 bits per heavy atom. The Morgan fingerprint density at radius 3 is 2.47 bits per heavy atom. The van der Waals surface area contributed by atoms with Crippen molar-refractivity contribution < 1.29 is 14.6 Å². The van der Waals surface area contributed by atoms with E-state index in [1.54, 1.807) is 66.9 Å². The van der Waals surface area contributed by atoms with E-state index in [4.69, 9.17) is 16.3 Å². The highest BCUT2D eigenvalue weighted by atomic mass is 35.5. The Balaban J connectivity index is 1.41. The molecule has 2 aromatic heterocycles. The van der Waals surface area contributed by atoms with Crippen molar-refractivity contribution in [2.24, 2.45) is 0 Å². The molecule has 1 amide bonds. The normalized spacial score (nSPS) is 13.6. The van der Waals surface area contributed by atoms with Crippen LogP contribution in [0.25, 0.3) is 0 Å². The second-order valence-corrected chi connectivity index (χ2v) is 8.73. The predicted octanol–water partition coefficient (Wildman–Crippen LogP) is 3.73. The Kier molecular flexibility index (Phi) is 6.36. The smallest absolute Gasteiger partial charge is 0.298 e. The van der Waals surface area contributed by atoms with Crippen LogP contribution in [0.5, 0.6) is 11.6 Å². The number of carbonyl (C=O) groups excluding carboxylic acids is 1. The Bertz CT molecular complexity index is 1440. The van der Waals surface area contributed by atoms with Crippen LogP contribution in [0.2, 0.25) is 5.02 Å². The van der Waals surface area contributed by atoms with Crippen LogP contribution in [0.3, 0.4) is 0 Å². The van der Waals surface area contributed by atoms with E-state index in [1.807, 2.05) is 6.07 Å². The molecule has 0 spiro atoms. The van der Waals surface area contributed by atoms with Gasteiger partial charge in [-0.3, -0.25) is 14.2 Å². The van der Waals surface area contributed by atoms with Gasteiger partial charge >= 0.3 is 0 Å². The summed E-state index contributed by atoms with van der Waals surface area (Å²) in [6.45, 7) is 0.141. The zero-order valence-corrected chi connectivity index (χ0v) is 19.6. The number of hydrogen-bond acceptors (Lipinski definition) is 8. The van der Waals surface area contributed by atoms with Gasteiger partial charge in [0.2, 0.25) is 17.6 Å². The van der Waals surface area contributed by atoms with Crippen LogP contribution >= 0.6 is 11.6 Å². The van der Waals surface area contributed by atoms with Crippen molar-refractivity contribution in [2.75, 3.05) is 10.6 Å². The molecule has 11 heteroatoms. The third-order valence-corrected chi connectivity index (χ3v) is 5.80. The highest BCUT2D eigenvalue weighted by Gasteiger charge is 2.48. The summed E-state index contributed by atoms with van der Waals surface area (Å²) in [5, 5.41) is 24.1. The van der Waals surface area contributed by atoms with Gasteiger partial charge in [-0.15, -0.1) is 10.2 Å². The Morgan fingerprint density at radius 1 is 1.06 bits per heavy atom. The minimum Gasteiger partial charge on any atom is -0.439 e. The van der Waals surface area contributed by atoms with Crippen LogP contribution in [0.15, 0.2) is 77.7 Å². The molecule has 0 unspecified atom stereocenters. The lowest BCUT2D eigenvalue weighted by molar-refractivity contribution is -0.126. The molecule has 10 nitrogen and oxygen atoms in total. The van der Waals surface area contributed by atoms with Gasteiger partial charge in [-0.1, -0.05) is 29.8 Å². The highest BCUT2D eigenvalue weighted by Crippen LogP contribution is 2.35. The van der Waals surface area contributed by atoms with Crippen molar-refractivity contribution >= 4 is 35.0 Å². The molecule has 1 aliphatic rings. The number of ether oxygens (including phenoxy) is 1. The minimum atomic E-state index is -1.45. The van der Waals surface area contributed by atoms with Crippen molar-refractivity contribution in [2.45, 2.75) is 25.0 Å². The maximum Gasteiger partial charge on any atom is 0.298 e. The minimum absolute atomic E-state index is 0.141. The maximum absolute atomic E-state index is 13.3. The van der Waals surface area contributed by atoms with E-state index in [-0.39, 0.29) is 18.3 Å². The first-order valence-electron chi connectivity index (χ1n) is 11.1. The lowest BCUT2D eigenvalue weighted by Gasteiger charge is -2.15. The van der Waals surface area contributed by atoms with Crippen LogP contribution in [-0.4, -0.2) is 36.4 Å². The summed E-state index contributed by atoms with van der Waals surface area (Å²) in [5.74, 6) is 0.279. The molecular weight excluding hydrogens is 484 g/mol. The SMILES string of the molecule is O=C(Nc1nnc(Nc2ccc(Oc3ccccn3)cc2)n(Cc2ccc(Cl)cc2)c1=O)C1(O)CC1. The van der Waals surface area contributed by atoms with Gasteiger partial charge in [0.15, 0.2) is 0 Å². The average Bonchev–Trinajstić information content (AvgIpc) is 3.64. The number of aromatic nitrogens is 4. The number of amides is 1. The third-order valence-electron chi connectivity index (χ3n) is 5.55. The molecule has 0 saturated heterocycles. The second-order valence-electron chi connectivity index (χ2n) is 8.30. The molecule has 1 aliphatic carbocycles. The maximum atomic E-state index is 13.3. The molecule has 5 rings (SSSR count). The molecule has 4 aromatic rings. The lowest BCUT2D eigenvalue weighted by atomic mass is 10.2. The van der Waals surface area contributed by atoms with Crippen LogP contribution in [0.4, 0.5) is 17.5 Å². The van der Waals surface area contributed by atoms with Crippen LogP contribution < -0.4 is 20.9 Å². The number of pyridine rings is 1. The molecule has 0 bridgehead atoms. The van der Waals surface area contributed by atoms with Crippen molar-refractivity contribution in [3.8, 4) is 11.6 Å². The first-order chi connectivity index (χ1) is 17.4. The molecular formula is C25H21ClN6O4. The predicted molar refractivity (Wildman–Crippen MR) is 134 cm³/mol. The first-order valence-corrected chi connectivity index (χ1v) is 11.5. The standard InChI is InChI=1S/C25H21ClN6O4/c26-17-6-4-16(5-7-17)15-32-22(33)21(29-23(34)25(35)12-13-25)30-31-24(32)28-18-8-10-19(11-9-18)36-20-3-1-2-14-27-20/h1-11,14,35H,12-13,15H2,(H,28,31)(H,29,30,34). The first kappa shape index (κ1) is 23.5. The summed E-state index contributed by atoms with van der Waals surface area (Å²) in [5.41, 5.74) is -0.610. The number of anilines is 3. The number of rotatable bonds is 8. The third kappa shape index (κ3) is 5.35. The van der Waals surface area contributed by atoms with Gasteiger partial charge in [0.05, 0.1) is 6.54 Å². The van der Waals surface area contributed by atoms with E-state index in [9.17, 15) is 14.7 Å². The van der Waals surface area contributed by atoms with Gasteiger partial charge in [-0.2, -0.15) is 0 Å². The molecule has 3 N–H and O–H groups in total. The van der Waals surface area contributed by atoms with E-state index < -0.39 is 17.1 Å². The van der Waals surface area contributed by atoms with Crippen LogP contribution in [0, 0.1) is 0 Å². The fraction of sp³-hybridized carbons (Fsp3) is 0.160. The quantitative estimate of drug-likeness (QED) is 0.331. The summed E-state index contributed by atoms with van der Waals surface area (Å²) in [6, 6.07) is 19.4. The van der Waals surface area contributed by atoms with Gasteiger partial charge in [-0.25, -0.2) is 4.98 Å². The van der Waals surface area contributed by atoms with E-state index in [0.29, 0.717) is 35.2 Å². The molecule has 2 heterocycles. The molecule has 0 radical (unpaired) electrons. The van der Waals surface area contributed by atoms with Gasteiger partial charge in [0.25, 0.3) is 11.5 Å². The molecule has 2 aromatic carbocycles. The number of nitrogens with one attached hydrogen (secondary N) is 2. The monoisotopic (exact) mass is 504 g/mol. The number of benzene rings is 2. The second kappa shape index (κ2) is 9.76. The fourth-order valence-electron chi connectivity index (χ4n) is 3.34. The average molecular weight is 505 g/mol. The zero-order valence-electron chi connectivity index (χ0n) is 18.9. The van der Waals surface area contributed by atoms with Crippen LogP contribution in [0.1, 0.15) is 18.4 Å². The molecule has 182 valence electrons. The van der Waals surface area contributed by atoms with Gasteiger partial charge in [-0.05, 0) is 60.9 Å². The summed E-state index contributed by atoms with van der Waals surface area (Å²) in [4.78, 5) is 29.7. The van der Waals surface area contributed by atoms with E-state index in [1.165, 1.54) is 4.57 Å². The number of halogens is 1. The zero-order chi connectivity index (χ0) is 25.1. The molecule has 1 fully saturated rings. The number of nitrogens with zero attached hydrogens (tertiary/aromatic N) is 4. The molecule has 36 heavy (non-hydrogen) atoms. The van der Waals surface area contributed by atoms with E-state index in [2.05, 4.69) is 25.8 Å². The topological polar surface area (TPSA) is 131 Å². The van der Waals surface area contributed by atoms with Gasteiger partial charge in [0, 0.05) is 23.0 Å². The molecule has 0 atom stereocenters. The number of carbonyl (C=O) groups is 1. The summed E-state index contributed by atoms with van der Waals surface area (Å²) in [6.07, 6.45) is 2.32. The fourth-order valence-corrected chi connectivity index (χ4v) is 3.47. The van der Waals surface area contributed by atoms with Crippen molar-refractivity contribution in [1.29, 1.82) is 0 Å². The lowest BCUT2D eigenvalue weighted by Crippen LogP contribution is -2.35. The van der Waals surface area contributed by atoms with Gasteiger partial charge < -0.3 is 20.5 Å². The van der Waals surface area contributed by atoms with Gasteiger partial charge in [0.1, 0.15) is 11.4 Å². The number of aliphatic hydroxyl groups is 1. The molecule has 0 aliphatic heterocycles. The van der Waals surface area contributed by atoms with Crippen molar-refractivity contribution in [3.63, 3.8) is 0 Å². The Hall–Kier alpha value is -4.28. The van der Waals surface area contributed by atoms with Crippen molar-refractivity contribution in [1.82, 2.24) is 19.7 Å². The Labute approximate surface area is 210 Å². The van der Waals surface area contributed by atoms with E-state index >= 15 is 0 Å². The number of hydrogen-bond donors (Lipinski definition) is 3. The van der Waals surface area contributed by atoms with Crippen LogP contribution in [-0.2, 0) is 11.3 Å². The summed E-state index contributed by atoms with van der Waals surface area (Å²) >= 11 is 5.99. The highest BCUT2D eigenvalue weighted by molar-refractivity contribution is 6.30. The molecule has 1 saturated carbocycles.